The van der Waals surface area contributed by atoms with E-state index in [1.165, 1.54) is 0 Å². The van der Waals surface area contributed by atoms with Gasteiger partial charge in [0, 0.05) is 13.1 Å². The summed E-state index contributed by atoms with van der Waals surface area (Å²) in [7, 11) is 0. The first-order valence-electron chi connectivity index (χ1n) is 9.74. The van der Waals surface area contributed by atoms with Crippen molar-refractivity contribution in [1.29, 1.82) is 0 Å². The van der Waals surface area contributed by atoms with E-state index in [-0.39, 0.29) is 11.5 Å². The number of aliphatic carboxylic acids is 1. The molecule has 1 atom stereocenters. The number of nitrogens with zero attached hydrogens (tertiary/aromatic N) is 4. The average Bonchev–Trinajstić information content (AvgIpc) is 2.67. The molecule has 9 heteroatoms. The summed E-state index contributed by atoms with van der Waals surface area (Å²) in [5, 5.41) is 9.53. The fourth-order valence-corrected chi connectivity index (χ4v) is 4.04. The van der Waals surface area contributed by atoms with Gasteiger partial charge in [0.15, 0.2) is 11.5 Å². The summed E-state index contributed by atoms with van der Waals surface area (Å²) >= 11 is 0. The molecule has 0 bridgehead atoms. The van der Waals surface area contributed by atoms with Gasteiger partial charge in [-0.3, -0.25) is 19.5 Å². The maximum absolute atomic E-state index is 12.3. The summed E-state index contributed by atoms with van der Waals surface area (Å²) in [6, 6.07) is 3.36. The van der Waals surface area contributed by atoms with Gasteiger partial charge >= 0.3 is 11.7 Å². The molecular weight excluding hydrogens is 374 g/mol. The molecule has 1 fully saturated rings. The van der Waals surface area contributed by atoms with E-state index in [9.17, 15) is 19.5 Å². The van der Waals surface area contributed by atoms with Crippen molar-refractivity contribution < 1.29 is 9.90 Å². The highest BCUT2D eigenvalue weighted by atomic mass is 16.4. The molecule has 3 aliphatic rings. The third-order valence-corrected chi connectivity index (χ3v) is 5.73. The minimum absolute atomic E-state index is 0.105. The van der Waals surface area contributed by atoms with Crippen molar-refractivity contribution in [1.82, 2.24) is 24.4 Å². The van der Waals surface area contributed by atoms with Crippen molar-refractivity contribution in [3.8, 4) is 11.5 Å². The number of hydrogen-bond acceptors (Lipinski definition) is 6. The van der Waals surface area contributed by atoms with Gasteiger partial charge in [0.05, 0.1) is 11.0 Å². The number of carboxylic acid groups (broad SMARTS) is 1. The lowest BCUT2D eigenvalue weighted by Gasteiger charge is -2.33. The van der Waals surface area contributed by atoms with E-state index in [0.717, 1.165) is 29.5 Å². The molecule has 152 valence electrons. The molecule has 1 aromatic carbocycles. The van der Waals surface area contributed by atoms with Gasteiger partial charge in [-0.05, 0) is 56.5 Å². The van der Waals surface area contributed by atoms with Crippen LogP contribution in [0.4, 0.5) is 0 Å². The molecule has 0 aliphatic carbocycles. The number of aromatic amines is 1. The maximum Gasteiger partial charge on any atom is 0.349 e. The largest absolute Gasteiger partial charge is 0.480 e. The topological polar surface area (TPSA) is 121 Å². The van der Waals surface area contributed by atoms with Crippen molar-refractivity contribution in [2.75, 3.05) is 13.1 Å². The van der Waals surface area contributed by atoms with Crippen LogP contribution in [0.15, 0.2) is 21.7 Å². The zero-order valence-electron chi connectivity index (χ0n) is 16.4. The van der Waals surface area contributed by atoms with Gasteiger partial charge in [-0.15, -0.1) is 0 Å². The monoisotopic (exact) mass is 397 g/mol. The number of carboxylic acids is 1. The van der Waals surface area contributed by atoms with Crippen LogP contribution < -0.4 is 11.2 Å². The molecular formula is C20H23N5O4. The van der Waals surface area contributed by atoms with Crippen molar-refractivity contribution in [3.05, 3.63) is 44.1 Å². The second-order valence-electron chi connectivity index (χ2n) is 7.62. The Kier molecular flexibility index (Phi) is 4.91. The predicted molar refractivity (Wildman–Crippen MR) is 107 cm³/mol. The lowest BCUT2D eigenvalue weighted by Crippen LogP contribution is -2.46. The van der Waals surface area contributed by atoms with Gasteiger partial charge in [-0.2, -0.15) is 4.98 Å². The van der Waals surface area contributed by atoms with Crippen LogP contribution in [0.25, 0.3) is 22.6 Å². The average molecular weight is 397 g/mol. The number of rotatable bonds is 4. The molecule has 4 rings (SSSR count). The van der Waals surface area contributed by atoms with Gasteiger partial charge in [0.2, 0.25) is 0 Å². The minimum Gasteiger partial charge on any atom is -0.480 e. The number of carbonyl (C=O) groups is 1. The molecule has 0 spiro atoms. The first-order chi connectivity index (χ1) is 13.8. The van der Waals surface area contributed by atoms with Gasteiger partial charge < -0.3 is 9.67 Å². The van der Waals surface area contributed by atoms with Crippen LogP contribution in [0, 0.1) is 13.8 Å². The van der Waals surface area contributed by atoms with Crippen LogP contribution >= 0.6 is 0 Å². The zero-order valence-corrected chi connectivity index (χ0v) is 16.4. The number of hydrogen-bond donors (Lipinski definition) is 2. The van der Waals surface area contributed by atoms with E-state index in [0.29, 0.717) is 31.6 Å². The van der Waals surface area contributed by atoms with Gasteiger partial charge in [-0.25, -0.2) is 9.78 Å². The molecule has 3 heterocycles. The lowest BCUT2D eigenvalue weighted by atomic mass is 10.0. The summed E-state index contributed by atoms with van der Waals surface area (Å²) in [5.41, 5.74) is 2.32. The Balaban J connectivity index is 1.84. The number of nitrogens with one attached hydrogen (secondary N) is 1. The SMILES string of the molecule is Cc1cc2nc3c(=O)[nH]c(=O)nc-3n(CCN3CCCC[C@H]3C(=O)O)c2cc1C. The van der Waals surface area contributed by atoms with Crippen LogP contribution in [0.3, 0.4) is 0 Å². The molecule has 0 amide bonds. The van der Waals surface area contributed by atoms with E-state index < -0.39 is 23.3 Å². The van der Waals surface area contributed by atoms with E-state index in [4.69, 9.17) is 0 Å². The number of fused-ring (bicyclic) bond motifs is 2. The highest BCUT2D eigenvalue weighted by molar-refractivity contribution is 5.81. The van der Waals surface area contributed by atoms with E-state index in [1.54, 1.807) is 0 Å². The molecule has 0 saturated carbocycles. The van der Waals surface area contributed by atoms with Crippen molar-refractivity contribution >= 4 is 17.0 Å². The Labute approximate surface area is 166 Å². The summed E-state index contributed by atoms with van der Waals surface area (Å²) in [4.78, 5) is 48.4. The highest BCUT2D eigenvalue weighted by Gasteiger charge is 2.28. The predicted octanol–water partition coefficient (Wildman–Crippen LogP) is 1.14. The Morgan fingerprint density at radius 1 is 1.17 bits per heavy atom. The molecule has 2 N–H and O–H groups in total. The number of benzene rings is 1. The number of aryl methyl sites for hydroxylation is 2. The summed E-state index contributed by atoms with van der Waals surface area (Å²) in [6.45, 7) is 5.54. The van der Waals surface area contributed by atoms with E-state index in [1.807, 2.05) is 35.4 Å². The van der Waals surface area contributed by atoms with Crippen molar-refractivity contribution in [3.63, 3.8) is 0 Å². The fraction of sp³-hybridized carbons (Fsp3) is 0.450. The first kappa shape index (κ1) is 19.3. The second kappa shape index (κ2) is 7.40. The normalized spacial score (nSPS) is 17.8. The van der Waals surface area contributed by atoms with Crippen LogP contribution in [0.2, 0.25) is 0 Å². The van der Waals surface area contributed by atoms with Crippen LogP contribution in [0.1, 0.15) is 30.4 Å². The van der Waals surface area contributed by atoms with E-state index in [2.05, 4.69) is 15.0 Å². The quantitative estimate of drug-likeness (QED) is 0.633. The second-order valence-corrected chi connectivity index (χ2v) is 7.62. The number of piperidine rings is 1. The summed E-state index contributed by atoms with van der Waals surface area (Å²) in [5.74, 6) is -0.597. The summed E-state index contributed by atoms with van der Waals surface area (Å²) in [6.07, 6.45) is 2.47. The molecule has 9 nitrogen and oxygen atoms in total. The Morgan fingerprint density at radius 3 is 2.69 bits per heavy atom. The minimum atomic E-state index is -0.818. The molecule has 29 heavy (non-hydrogen) atoms. The zero-order chi connectivity index (χ0) is 20.7. The van der Waals surface area contributed by atoms with Gasteiger partial charge in [0.25, 0.3) is 5.56 Å². The van der Waals surface area contributed by atoms with Gasteiger partial charge in [-0.1, -0.05) is 6.42 Å². The number of aromatic nitrogens is 4. The maximum atomic E-state index is 12.3. The Hall–Kier alpha value is -3.07. The lowest BCUT2D eigenvalue weighted by molar-refractivity contribution is -0.144. The van der Waals surface area contributed by atoms with E-state index >= 15 is 0 Å². The van der Waals surface area contributed by atoms with Crippen LogP contribution in [0.5, 0.6) is 0 Å². The molecule has 0 radical (unpaired) electrons. The van der Waals surface area contributed by atoms with Gasteiger partial charge in [0.1, 0.15) is 6.04 Å². The van der Waals surface area contributed by atoms with Crippen LogP contribution in [-0.4, -0.2) is 54.6 Å². The smallest absolute Gasteiger partial charge is 0.349 e. The number of likely N-dealkylation sites (tertiary alicyclic amines) is 1. The Morgan fingerprint density at radius 2 is 1.93 bits per heavy atom. The third-order valence-electron chi connectivity index (χ3n) is 5.73. The summed E-state index contributed by atoms with van der Waals surface area (Å²) < 4.78 is 1.81. The standard InChI is InChI=1S/C20H23N5O4/c1-11-9-13-15(10-12(11)2)25(17-16(21-13)18(26)23-20(29)22-17)8-7-24-6-4-3-5-14(24)19(27)28/h9-10,14H,3-8H2,1-2H3,(H,27,28)(H,23,26,29)/t14-/m0/s1. The highest BCUT2D eigenvalue weighted by Crippen LogP contribution is 2.24. The molecule has 0 unspecified atom stereocenters. The molecule has 3 aliphatic heterocycles. The molecule has 0 aromatic heterocycles. The number of H-pyrrole nitrogens is 1. The van der Waals surface area contributed by atoms with Crippen LogP contribution in [-0.2, 0) is 11.3 Å². The molecule has 1 saturated heterocycles. The van der Waals surface area contributed by atoms with Crippen molar-refractivity contribution in [2.45, 2.75) is 45.7 Å². The Bertz CT molecular complexity index is 1180. The molecule has 1 aromatic rings. The fourth-order valence-electron chi connectivity index (χ4n) is 4.04. The third kappa shape index (κ3) is 3.53. The first-order valence-corrected chi connectivity index (χ1v) is 9.74. The van der Waals surface area contributed by atoms with Crippen molar-refractivity contribution in [2.24, 2.45) is 0 Å².